The van der Waals surface area contributed by atoms with E-state index >= 15 is 0 Å². The van der Waals surface area contributed by atoms with Gasteiger partial charge in [0, 0.05) is 35.6 Å². The van der Waals surface area contributed by atoms with Gasteiger partial charge < -0.3 is 30.3 Å². The van der Waals surface area contributed by atoms with Crippen LogP contribution in [0.15, 0.2) is 66.7 Å². The van der Waals surface area contributed by atoms with Crippen molar-refractivity contribution in [2.45, 2.75) is 83.7 Å². The molecule has 0 saturated heterocycles. The van der Waals surface area contributed by atoms with Crippen molar-refractivity contribution in [1.29, 1.82) is 0 Å². The maximum atomic E-state index is 12.8. The molecule has 0 radical (unpaired) electrons. The van der Waals surface area contributed by atoms with Gasteiger partial charge in [-0.05, 0) is 90.6 Å². The Morgan fingerprint density at radius 1 is 0.978 bits per heavy atom. The molecule has 0 bridgehead atoms. The molecule has 7 nitrogen and oxygen atoms in total. The van der Waals surface area contributed by atoms with E-state index in [0.29, 0.717) is 23.4 Å². The van der Waals surface area contributed by atoms with Gasteiger partial charge in [0.05, 0.1) is 18.3 Å². The number of halogens is 3. The van der Waals surface area contributed by atoms with E-state index in [2.05, 4.69) is 56.4 Å². The number of carbonyl (C=O) groups excluding carboxylic acids is 1. The number of amides is 1. The summed E-state index contributed by atoms with van der Waals surface area (Å²) in [5.74, 6) is -0.294. The number of nitrogens with one attached hydrogen (secondary N) is 3. The summed E-state index contributed by atoms with van der Waals surface area (Å²) in [6, 6.07) is 17.8. The summed E-state index contributed by atoms with van der Waals surface area (Å²) in [5.41, 5.74) is 3.44. The highest BCUT2D eigenvalue weighted by Gasteiger charge is 2.39. The lowest BCUT2D eigenvalue weighted by atomic mass is 10.0. The van der Waals surface area contributed by atoms with Gasteiger partial charge in [0.1, 0.15) is 11.4 Å². The Morgan fingerprint density at radius 2 is 1.65 bits per heavy atom. The second-order valence-electron chi connectivity index (χ2n) is 13.4. The Hall–Kier alpha value is -3.64. The smallest absolute Gasteiger partial charge is 0.416 e. The Morgan fingerprint density at radius 3 is 2.28 bits per heavy atom. The second kappa shape index (κ2) is 14.0. The van der Waals surface area contributed by atoms with Crippen LogP contribution in [0.1, 0.15) is 72.1 Å². The summed E-state index contributed by atoms with van der Waals surface area (Å²) >= 11 is 0. The molecule has 0 aliphatic heterocycles. The van der Waals surface area contributed by atoms with E-state index in [4.69, 9.17) is 4.43 Å². The molecule has 4 aromatic rings. The standard InChI is InChI=1S/C35H44F3N3O4Si/c1-22(39-20-32(45-46(5,6)34(2,3)4)25-10-14-31(43)27(17-25)21-42)15-24-9-13-29-26(16-24)18-30(41-29)33(44)40-19-23-7-11-28(12-8-23)35(36,37)38/h7-14,16-18,22,32,39,41-43H,15,19-21H2,1-6H3,(H,40,44). The highest BCUT2D eigenvalue weighted by Crippen LogP contribution is 2.40. The van der Waals surface area contributed by atoms with E-state index in [1.807, 2.05) is 24.3 Å². The molecule has 3 aromatic carbocycles. The van der Waals surface area contributed by atoms with Crippen LogP contribution in [-0.4, -0.2) is 42.0 Å². The summed E-state index contributed by atoms with van der Waals surface area (Å²) < 4.78 is 45.3. The lowest BCUT2D eigenvalue weighted by molar-refractivity contribution is -0.137. The van der Waals surface area contributed by atoms with Gasteiger partial charge in [0.2, 0.25) is 0 Å². The molecule has 0 saturated carbocycles. The number of aromatic hydroxyl groups is 1. The zero-order chi connectivity index (χ0) is 33.9. The number of aromatic amines is 1. The number of hydrogen-bond donors (Lipinski definition) is 5. The molecule has 0 fully saturated rings. The van der Waals surface area contributed by atoms with Crippen LogP contribution in [0.5, 0.6) is 5.75 Å². The Kier molecular flexibility index (Phi) is 10.7. The van der Waals surface area contributed by atoms with E-state index in [1.54, 1.807) is 18.2 Å². The highest BCUT2D eigenvalue weighted by molar-refractivity contribution is 6.74. The Bertz CT molecular complexity index is 1650. The van der Waals surface area contributed by atoms with Gasteiger partial charge in [-0.3, -0.25) is 4.79 Å². The lowest BCUT2D eigenvalue weighted by Gasteiger charge is -2.40. The third-order valence-electron chi connectivity index (χ3n) is 8.75. The number of hydrogen-bond acceptors (Lipinski definition) is 5. The normalized spacial score (nSPS) is 14.0. The van der Waals surface area contributed by atoms with Crippen LogP contribution in [0, 0.1) is 0 Å². The highest BCUT2D eigenvalue weighted by atomic mass is 28.4. The molecule has 4 rings (SSSR count). The number of rotatable bonds is 12. The maximum absolute atomic E-state index is 12.8. The lowest BCUT2D eigenvalue weighted by Crippen LogP contribution is -2.44. The van der Waals surface area contributed by atoms with Crippen LogP contribution in [0.25, 0.3) is 10.9 Å². The number of aliphatic hydroxyl groups excluding tert-OH is 1. The molecule has 11 heteroatoms. The van der Waals surface area contributed by atoms with Gasteiger partial charge in [-0.2, -0.15) is 13.2 Å². The van der Waals surface area contributed by atoms with Crippen molar-refractivity contribution in [1.82, 2.24) is 15.6 Å². The van der Waals surface area contributed by atoms with Crippen LogP contribution in [-0.2, 0) is 30.2 Å². The molecule has 2 atom stereocenters. The minimum Gasteiger partial charge on any atom is -0.508 e. The minimum atomic E-state index is -4.40. The number of aromatic nitrogens is 1. The fourth-order valence-electron chi connectivity index (χ4n) is 4.95. The second-order valence-corrected chi connectivity index (χ2v) is 18.2. The fourth-order valence-corrected chi connectivity index (χ4v) is 6.23. The quantitative estimate of drug-likeness (QED) is 0.101. The SMILES string of the molecule is CC(Cc1ccc2[nH]c(C(=O)NCc3ccc(C(F)(F)F)cc3)cc2c1)NCC(O[Si](C)(C)C(C)(C)C)c1ccc(O)c(CO)c1. The first-order chi connectivity index (χ1) is 21.5. The molecular formula is C35H44F3N3O4Si. The molecule has 1 amide bonds. The van der Waals surface area contributed by atoms with Crippen molar-refractivity contribution in [3.63, 3.8) is 0 Å². The summed E-state index contributed by atoms with van der Waals surface area (Å²) in [6.07, 6.45) is -3.95. The van der Waals surface area contributed by atoms with E-state index in [9.17, 15) is 28.2 Å². The number of benzene rings is 3. The van der Waals surface area contributed by atoms with Crippen molar-refractivity contribution >= 4 is 25.1 Å². The van der Waals surface area contributed by atoms with Gasteiger partial charge in [-0.25, -0.2) is 0 Å². The van der Waals surface area contributed by atoms with Gasteiger partial charge in [0.25, 0.3) is 5.91 Å². The third-order valence-corrected chi connectivity index (χ3v) is 13.2. The number of aliphatic hydroxyl groups is 1. The molecule has 1 aromatic heterocycles. The molecule has 0 spiro atoms. The maximum Gasteiger partial charge on any atom is 0.416 e. The van der Waals surface area contributed by atoms with Gasteiger partial charge in [0.15, 0.2) is 8.32 Å². The summed E-state index contributed by atoms with van der Waals surface area (Å²) in [4.78, 5) is 15.9. The molecule has 2 unspecified atom stereocenters. The van der Waals surface area contributed by atoms with Crippen molar-refractivity contribution in [3.05, 3.63) is 100 Å². The van der Waals surface area contributed by atoms with Crippen molar-refractivity contribution in [3.8, 4) is 5.75 Å². The first kappa shape index (κ1) is 35.2. The fraction of sp³-hybridized carbons (Fsp3) is 0.400. The Balaban J connectivity index is 1.40. The zero-order valence-corrected chi connectivity index (χ0v) is 28.2. The topological polar surface area (TPSA) is 107 Å². The number of fused-ring (bicyclic) bond motifs is 1. The summed E-state index contributed by atoms with van der Waals surface area (Å²) in [6.45, 7) is 13.4. The van der Waals surface area contributed by atoms with Crippen LogP contribution in [0.2, 0.25) is 18.1 Å². The summed E-state index contributed by atoms with van der Waals surface area (Å²) in [7, 11) is -2.15. The average molecular weight is 656 g/mol. The average Bonchev–Trinajstić information content (AvgIpc) is 3.41. The number of H-pyrrole nitrogens is 1. The molecule has 1 heterocycles. The predicted molar refractivity (Wildman–Crippen MR) is 177 cm³/mol. The third kappa shape index (κ3) is 8.78. The summed E-state index contributed by atoms with van der Waals surface area (Å²) in [5, 5.41) is 27.1. The van der Waals surface area contributed by atoms with Crippen molar-refractivity contribution in [2.24, 2.45) is 0 Å². The van der Waals surface area contributed by atoms with E-state index < -0.39 is 20.1 Å². The molecule has 46 heavy (non-hydrogen) atoms. The molecule has 0 aliphatic rings. The Labute approximate surface area is 269 Å². The number of alkyl halides is 3. The minimum absolute atomic E-state index is 0.00245. The molecular weight excluding hydrogens is 611 g/mol. The monoisotopic (exact) mass is 655 g/mol. The van der Waals surface area contributed by atoms with Crippen LogP contribution in [0.4, 0.5) is 13.2 Å². The largest absolute Gasteiger partial charge is 0.508 e. The van der Waals surface area contributed by atoms with Crippen LogP contribution >= 0.6 is 0 Å². The predicted octanol–water partition coefficient (Wildman–Crippen LogP) is 7.60. The van der Waals surface area contributed by atoms with Gasteiger partial charge in [-0.15, -0.1) is 0 Å². The first-order valence-corrected chi connectivity index (χ1v) is 18.3. The van der Waals surface area contributed by atoms with Crippen molar-refractivity contribution < 1.29 is 32.6 Å². The van der Waals surface area contributed by atoms with E-state index in [1.165, 1.54) is 12.1 Å². The molecule has 5 N–H and O–H groups in total. The van der Waals surface area contributed by atoms with E-state index in [-0.39, 0.29) is 42.0 Å². The zero-order valence-electron chi connectivity index (χ0n) is 27.2. The van der Waals surface area contributed by atoms with Crippen LogP contribution < -0.4 is 10.6 Å². The van der Waals surface area contributed by atoms with Gasteiger partial charge >= 0.3 is 6.18 Å². The number of phenols is 1. The van der Waals surface area contributed by atoms with E-state index in [0.717, 1.165) is 40.6 Å². The van der Waals surface area contributed by atoms with Crippen molar-refractivity contribution in [2.75, 3.05) is 6.54 Å². The number of carbonyl (C=O) groups is 1. The molecule has 0 aliphatic carbocycles. The van der Waals surface area contributed by atoms with Gasteiger partial charge in [-0.1, -0.05) is 45.0 Å². The van der Waals surface area contributed by atoms with Crippen LogP contribution in [0.3, 0.4) is 0 Å². The first-order valence-electron chi connectivity index (χ1n) is 15.4. The molecule has 248 valence electrons.